The van der Waals surface area contributed by atoms with Gasteiger partial charge in [-0.3, -0.25) is 0 Å². The highest BCUT2D eigenvalue weighted by Crippen LogP contribution is 2.34. The SMILES string of the molecule is Cc1ccc(-c2c[nH]c3ncnc(N4CCN(C(=S)Cc5ccc(S(=O)(=O)N6CCN(C)CC6)cc5)CC4)c23)cc1. The molecule has 2 aromatic carbocycles. The quantitative estimate of drug-likeness (QED) is 0.342. The number of thiocarbonyl (C=S) groups is 1. The summed E-state index contributed by atoms with van der Waals surface area (Å²) < 4.78 is 27.7. The second-order valence-electron chi connectivity index (χ2n) is 10.9. The molecular weight excluding hydrogens is 555 g/mol. The first kappa shape index (κ1) is 27.8. The summed E-state index contributed by atoms with van der Waals surface area (Å²) in [5.74, 6) is 0.939. The van der Waals surface area contributed by atoms with E-state index in [0.29, 0.717) is 24.4 Å². The van der Waals surface area contributed by atoms with Crippen molar-refractivity contribution >= 4 is 44.1 Å². The third-order valence-electron chi connectivity index (χ3n) is 8.12. The smallest absolute Gasteiger partial charge is 0.243 e. The van der Waals surface area contributed by atoms with Crippen LogP contribution in [0.3, 0.4) is 0 Å². The van der Waals surface area contributed by atoms with Gasteiger partial charge >= 0.3 is 0 Å². The highest BCUT2D eigenvalue weighted by atomic mass is 32.2. The van der Waals surface area contributed by atoms with Crippen molar-refractivity contribution in [2.45, 2.75) is 18.2 Å². The van der Waals surface area contributed by atoms with Crippen molar-refractivity contribution in [1.82, 2.24) is 29.1 Å². The summed E-state index contributed by atoms with van der Waals surface area (Å²) in [6, 6.07) is 15.7. The van der Waals surface area contributed by atoms with E-state index in [0.717, 1.165) is 77.8 Å². The Morgan fingerprint density at radius 3 is 2.27 bits per heavy atom. The fraction of sp³-hybridized carbons (Fsp3) is 0.367. The number of benzene rings is 2. The summed E-state index contributed by atoms with van der Waals surface area (Å²) in [4.78, 5) is 20.4. The third kappa shape index (κ3) is 5.72. The fourth-order valence-corrected chi connectivity index (χ4v) is 7.33. The molecule has 2 aromatic heterocycles. The molecule has 214 valence electrons. The van der Waals surface area contributed by atoms with E-state index in [9.17, 15) is 8.42 Å². The van der Waals surface area contributed by atoms with Crippen molar-refractivity contribution in [3.05, 3.63) is 72.2 Å². The fourth-order valence-electron chi connectivity index (χ4n) is 5.56. The van der Waals surface area contributed by atoms with Crippen LogP contribution in [0, 0.1) is 6.92 Å². The van der Waals surface area contributed by atoms with E-state index in [-0.39, 0.29) is 0 Å². The van der Waals surface area contributed by atoms with E-state index in [4.69, 9.17) is 17.2 Å². The van der Waals surface area contributed by atoms with Gasteiger partial charge in [0.2, 0.25) is 10.0 Å². The molecule has 11 heteroatoms. The molecular formula is C30H35N7O2S2. The molecule has 0 atom stereocenters. The molecule has 4 heterocycles. The van der Waals surface area contributed by atoms with Gasteiger partial charge in [-0.2, -0.15) is 4.31 Å². The Bertz CT molecular complexity index is 1640. The number of nitrogens with zero attached hydrogens (tertiary/aromatic N) is 6. The minimum absolute atomic E-state index is 0.344. The van der Waals surface area contributed by atoms with Gasteiger partial charge in [0.1, 0.15) is 17.8 Å². The molecule has 41 heavy (non-hydrogen) atoms. The number of hydrogen-bond acceptors (Lipinski definition) is 7. The number of hydrogen-bond donors (Lipinski definition) is 1. The number of piperazine rings is 2. The van der Waals surface area contributed by atoms with Crippen molar-refractivity contribution in [3.63, 3.8) is 0 Å². The van der Waals surface area contributed by atoms with Crippen molar-refractivity contribution in [3.8, 4) is 11.1 Å². The van der Waals surface area contributed by atoms with E-state index < -0.39 is 10.0 Å². The number of anilines is 1. The summed E-state index contributed by atoms with van der Waals surface area (Å²) >= 11 is 5.84. The second-order valence-corrected chi connectivity index (χ2v) is 13.3. The van der Waals surface area contributed by atoms with Gasteiger partial charge in [-0.1, -0.05) is 54.2 Å². The monoisotopic (exact) mass is 589 g/mol. The number of aromatic nitrogens is 3. The standard InChI is InChI=1S/C30H35N7O2S2/c1-22-3-7-24(8-4-22)26-20-31-29-28(26)30(33-21-32-29)36-15-13-35(14-16-36)27(40)19-23-5-9-25(10-6-23)41(38,39)37-17-11-34(2)12-18-37/h3-10,20-21H,11-19H2,1-2H3,(H,31,32,33). The molecule has 2 saturated heterocycles. The third-order valence-corrected chi connectivity index (χ3v) is 10.4. The normalized spacial score (nSPS) is 17.3. The topological polar surface area (TPSA) is 88.7 Å². The van der Waals surface area contributed by atoms with Crippen LogP contribution in [0.15, 0.2) is 66.0 Å². The number of sulfonamides is 1. The zero-order valence-corrected chi connectivity index (χ0v) is 25.1. The first-order valence-electron chi connectivity index (χ1n) is 14.0. The van der Waals surface area contributed by atoms with Gasteiger partial charge < -0.3 is 19.7 Å². The van der Waals surface area contributed by atoms with E-state index in [1.54, 1.807) is 22.8 Å². The lowest BCUT2D eigenvalue weighted by molar-refractivity contribution is 0.222. The lowest BCUT2D eigenvalue weighted by Crippen LogP contribution is -2.49. The van der Waals surface area contributed by atoms with Crippen LogP contribution in [-0.2, 0) is 16.4 Å². The first-order chi connectivity index (χ1) is 19.8. The van der Waals surface area contributed by atoms with Crippen LogP contribution in [0.4, 0.5) is 5.82 Å². The molecule has 0 spiro atoms. The van der Waals surface area contributed by atoms with Gasteiger partial charge in [0, 0.05) is 70.5 Å². The van der Waals surface area contributed by atoms with Gasteiger partial charge in [-0.15, -0.1) is 0 Å². The number of rotatable bonds is 6. The lowest BCUT2D eigenvalue weighted by Gasteiger charge is -2.37. The molecule has 2 aliphatic rings. The van der Waals surface area contributed by atoms with E-state index in [1.807, 2.05) is 25.4 Å². The van der Waals surface area contributed by atoms with Crippen LogP contribution in [0.5, 0.6) is 0 Å². The number of fused-ring (bicyclic) bond motifs is 1. The molecule has 2 aliphatic heterocycles. The highest BCUT2D eigenvalue weighted by molar-refractivity contribution is 7.89. The molecule has 6 rings (SSSR count). The van der Waals surface area contributed by atoms with Gasteiger partial charge in [0.05, 0.1) is 15.3 Å². The summed E-state index contributed by atoms with van der Waals surface area (Å²) in [5.41, 5.74) is 5.32. The Morgan fingerprint density at radius 2 is 1.59 bits per heavy atom. The van der Waals surface area contributed by atoms with Gasteiger partial charge in [0.15, 0.2) is 0 Å². The Kier molecular flexibility index (Phi) is 7.78. The second kappa shape index (κ2) is 11.5. The average Bonchev–Trinajstić information content (AvgIpc) is 3.43. The molecule has 2 fully saturated rings. The largest absolute Gasteiger partial charge is 0.362 e. The van der Waals surface area contributed by atoms with Crippen LogP contribution in [0.2, 0.25) is 0 Å². The predicted molar refractivity (Wildman–Crippen MR) is 167 cm³/mol. The number of H-pyrrole nitrogens is 1. The Hall–Kier alpha value is -3.38. The summed E-state index contributed by atoms with van der Waals surface area (Å²) in [6.45, 7) is 7.82. The van der Waals surface area contributed by atoms with Gasteiger partial charge in [0.25, 0.3) is 0 Å². The van der Waals surface area contributed by atoms with Crippen LogP contribution in [-0.4, -0.2) is 102 Å². The zero-order valence-electron chi connectivity index (χ0n) is 23.5. The summed E-state index contributed by atoms with van der Waals surface area (Å²) in [7, 11) is -1.46. The minimum Gasteiger partial charge on any atom is -0.362 e. The number of aromatic amines is 1. The molecule has 1 N–H and O–H groups in total. The number of aryl methyl sites for hydroxylation is 1. The molecule has 0 bridgehead atoms. The average molecular weight is 590 g/mol. The van der Waals surface area contributed by atoms with Gasteiger partial charge in [-0.25, -0.2) is 18.4 Å². The molecule has 9 nitrogen and oxygen atoms in total. The number of nitrogens with one attached hydrogen (secondary N) is 1. The Labute approximate surface area is 246 Å². The van der Waals surface area contributed by atoms with E-state index in [1.165, 1.54) is 5.56 Å². The van der Waals surface area contributed by atoms with Crippen molar-refractivity contribution in [2.24, 2.45) is 0 Å². The van der Waals surface area contributed by atoms with Crippen molar-refractivity contribution < 1.29 is 8.42 Å². The molecule has 0 radical (unpaired) electrons. The first-order valence-corrected chi connectivity index (χ1v) is 15.8. The maximum Gasteiger partial charge on any atom is 0.243 e. The van der Waals surface area contributed by atoms with Crippen LogP contribution in [0.1, 0.15) is 11.1 Å². The highest BCUT2D eigenvalue weighted by Gasteiger charge is 2.28. The molecule has 0 unspecified atom stereocenters. The molecule has 4 aromatic rings. The lowest BCUT2D eigenvalue weighted by atomic mass is 10.0. The summed E-state index contributed by atoms with van der Waals surface area (Å²) in [5, 5.41) is 1.04. The maximum atomic E-state index is 13.1. The predicted octanol–water partition coefficient (Wildman–Crippen LogP) is 3.56. The maximum absolute atomic E-state index is 13.1. The Balaban J connectivity index is 1.10. The Morgan fingerprint density at radius 1 is 0.902 bits per heavy atom. The molecule has 0 saturated carbocycles. The van der Waals surface area contributed by atoms with E-state index >= 15 is 0 Å². The zero-order chi connectivity index (χ0) is 28.6. The van der Waals surface area contributed by atoms with Crippen LogP contribution < -0.4 is 4.90 Å². The van der Waals surface area contributed by atoms with Gasteiger partial charge in [-0.05, 0) is 37.2 Å². The summed E-state index contributed by atoms with van der Waals surface area (Å²) in [6.07, 6.45) is 4.25. The van der Waals surface area contributed by atoms with Crippen LogP contribution in [0.25, 0.3) is 22.2 Å². The number of likely N-dealkylation sites (N-methyl/N-ethyl adjacent to an activating group) is 1. The minimum atomic E-state index is -3.47. The molecule has 0 aliphatic carbocycles. The van der Waals surface area contributed by atoms with Crippen molar-refractivity contribution in [2.75, 3.05) is 64.3 Å². The molecule has 0 amide bonds. The van der Waals surface area contributed by atoms with Crippen LogP contribution >= 0.6 is 12.2 Å². The van der Waals surface area contributed by atoms with Crippen molar-refractivity contribution in [1.29, 1.82) is 0 Å². The van der Waals surface area contributed by atoms with E-state index in [2.05, 4.69) is 55.9 Å².